The zero-order chi connectivity index (χ0) is 17.3. The van der Waals surface area contributed by atoms with Crippen molar-refractivity contribution in [1.29, 1.82) is 0 Å². The Morgan fingerprint density at radius 2 is 2.04 bits per heavy atom. The molecule has 0 aliphatic carbocycles. The fourth-order valence-corrected chi connectivity index (χ4v) is 2.59. The number of nitrogens with zero attached hydrogens (tertiary/aromatic N) is 1. The van der Waals surface area contributed by atoms with E-state index in [1.54, 1.807) is 13.0 Å². The average Bonchev–Trinajstić information content (AvgIpc) is 2.94. The first-order chi connectivity index (χ1) is 11.5. The van der Waals surface area contributed by atoms with Crippen molar-refractivity contribution in [2.75, 3.05) is 6.61 Å². The SMILES string of the molecule is CCOC(=O)c1[nH]c2ccc([N+](=O)[O-])cc2c1-c1ccccc1F. The smallest absolute Gasteiger partial charge is 0.355 e. The number of nitrogens with one attached hydrogen (secondary N) is 1. The molecule has 0 saturated heterocycles. The average molecular weight is 328 g/mol. The van der Waals surface area contributed by atoms with Gasteiger partial charge in [0.1, 0.15) is 11.5 Å². The zero-order valence-electron chi connectivity index (χ0n) is 12.7. The number of ether oxygens (including phenoxy) is 1. The summed E-state index contributed by atoms with van der Waals surface area (Å²) in [5.41, 5.74) is 0.839. The maximum atomic E-state index is 14.3. The van der Waals surface area contributed by atoms with E-state index in [1.807, 2.05) is 0 Å². The van der Waals surface area contributed by atoms with E-state index in [9.17, 15) is 19.3 Å². The molecular weight excluding hydrogens is 315 g/mol. The van der Waals surface area contributed by atoms with Crippen molar-refractivity contribution < 1.29 is 18.8 Å². The monoisotopic (exact) mass is 328 g/mol. The number of carbonyl (C=O) groups is 1. The molecule has 1 N–H and O–H groups in total. The van der Waals surface area contributed by atoms with Gasteiger partial charge >= 0.3 is 5.97 Å². The standard InChI is InChI=1S/C17H13FN2O4/c1-2-24-17(21)16-15(11-5-3-4-6-13(11)18)12-9-10(20(22)23)7-8-14(12)19-16/h3-9,19H,2H2,1H3. The molecule has 7 heteroatoms. The van der Waals surface area contributed by atoms with Gasteiger partial charge in [-0.3, -0.25) is 10.1 Å². The lowest BCUT2D eigenvalue weighted by molar-refractivity contribution is -0.384. The fourth-order valence-electron chi connectivity index (χ4n) is 2.59. The van der Waals surface area contributed by atoms with Crippen molar-refractivity contribution >= 4 is 22.6 Å². The van der Waals surface area contributed by atoms with E-state index in [4.69, 9.17) is 4.74 Å². The number of hydrogen-bond acceptors (Lipinski definition) is 4. The quantitative estimate of drug-likeness (QED) is 0.444. The molecule has 0 unspecified atom stereocenters. The molecule has 24 heavy (non-hydrogen) atoms. The molecule has 0 aliphatic rings. The predicted molar refractivity (Wildman–Crippen MR) is 86.3 cm³/mol. The second kappa shape index (κ2) is 6.11. The number of nitro groups is 1. The van der Waals surface area contributed by atoms with Crippen molar-refractivity contribution in [1.82, 2.24) is 4.98 Å². The van der Waals surface area contributed by atoms with Crippen molar-refractivity contribution in [2.24, 2.45) is 0 Å². The molecule has 0 aliphatic heterocycles. The van der Waals surface area contributed by atoms with Crippen LogP contribution < -0.4 is 0 Å². The van der Waals surface area contributed by atoms with E-state index in [0.717, 1.165) is 0 Å². The number of carbonyl (C=O) groups excluding carboxylic acids is 1. The van der Waals surface area contributed by atoms with Crippen LogP contribution in [0.5, 0.6) is 0 Å². The Kier molecular flexibility index (Phi) is 3.99. The first-order valence-corrected chi connectivity index (χ1v) is 7.25. The Morgan fingerprint density at radius 1 is 1.29 bits per heavy atom. The fraction of sp³-hybridized carbons (Fsp3) is 0.118. The Balaban J connectivity index is 2.34. The van der Waals surface area contributed by atoms with Gasteiger partial charge in [-0.25, -0.2) is 9.18 Å². The predicted octanol–water partition coefficient (Wildman–Crippen LogP) is 4.06. The van der Waals surface area contributed by atoms with Crippen LogP contribution in [0.2, 0.25) is 0 Å². The highest BCUT2D eigenvalue weighted by molar-refractivity contribution is 6.08. The van der Waals surface area contributed by atoms with Gasteiger partial charge in [0.25, 0.3) is 5.69 Å². The zero-order valence-corrected chi connectivity index (χ0v) is 12.7. The Bertz CT molecular complexity index is 949. The maximum Gasteiger partial charge on any atom is 0.355 e. The largest absolute Gasteiger partial charge is 0.461 e. The van der Waals surface area contributed by atoms with Crippen LogP contribution in [-0.4, -0.2) is 22.5 Å². The van der Waals surface area contributed by atoms with Gasteiger partial charge in [-0.05, 0) is 19.1 Å². The highest BCUT2D eigenvalue weighted by Gasteiger charge is 2.23. The molecule has 0 atom stereocenters. The van der Waals surface area contributed by atoms with Crippen LogP contribution in [0.3, 0.4) is 0 Å². The summed E-state index contributed by atoms with van der Waals surface area (Å²) in [6.07, 6.45) is 0. The molecule has 0 saturated carbocycles. The Morgan fingerprint density at radius 3 is 2.71 bits per heavy atom. The number of benzene rings is 2. The summed E-state index contributed by atoms with van der Waals surface area (Å²) in [5.74, 6) is -1.18. The van der Waals surface area contributed by atoms with Crippen LogP contribution in [0.4, 0.5) is 10.1 Å². The number of fused-ring (bicyclic) bond motifs is 1. The van der Waals surface area contributed by atoms with Gasteiger partial charge in [-0.1, -0.05) is 18.2 Å². The van der Waals surface area contributed by atoms with Crippen molar-refractivity contribution in [2.45, 2.75) is 6.92 Å². The molecule has 0 bridgehead atoms. The number of non-ortho nitro benzene ring substituents is 1. The Labute approximate surface area is 136 Å². The van der Waals surface area contributed by atoms with E-state index < -0.39 is 16.7 Å². The number of esters is 1. The summed E-state index contributed by atoms with van der Waals surface area (Å²) in [6.45, 7) is 1.82. The minimum Gasteiger partial charge on any atom is -0.461 e. The third kappa shape index (κ3) is 2.60. The van der Waals surface area contributed by atoms with Gasteiger partial charge in [0.05, 0.1) is 11.5 Å². The molecule has 1 aromatic heterocycles. The Hall–Kier alpha value is -3.22. The van der Waals surface area contributed by atoms with Gasteiger partial charge in [-0.2, -0.15) is 0 Å². The van der Waals surface area contributed by atoms with Crippen LogP contribution >= 0.6 is 0 Å². The van der Waals surface area contributed by atoms with Crippen LogP contribution in [0.25, 0.3) is 22.0 Å². The van der Waals surface area contributed by atoms with Crippen LogP contribution in [-0.2, 0) is 4.74 Å². The van der Waals surface area contributed by atoms with E-state index in [2.05, 4.69) is 4.98 Å². The third-order valence-corrected chi connectivity index (χ3v) is 3.62. The lowest BCUT2D eigenvalue weighted by Crippen LogP contribution is -2.06. The van der Waals surface area contributed by atoms with Crippen LogP contribution in [0.1, 0.15) is 17.4 Å². The number of nitro benzene ring substituents is 1. The topological polar surface area (TPSA) is 85.2 Å². The number of aromatic amines is 1. The van der Waals surface area contributed by atoms with Crippen LogP contribution in [0, 0.1) is 15.9 Å². The molecule has 2 aromatic carbocycles. The molecule has 0 amide bonds. The van der Waals surface area contributed by atoms with Gasteiger partial charge in [-0.15, -0.1) is 0 Å². The van der Waals surface area contributed by atoms with Gasteiger partial charge in [0, 0.05) is 34.2 Å². The summed E-state index contributed by atoms with van der Waals surface area (Å²) in [4.78, 5) is 25.6. The van der Waals surface area contributed by atoms with Crippen molar-refractivity contribution in [3.63, 3.8) is 0 Å². The molecular formula is C17H13FN2O4. The number of aromatic nitrogens is 1. The first-order valence-electron chi connectivity index (χ1n) is 7.25. The summed E-state index contributed by atoms with van der Waals surface area (Å²) in [6, 6.07) is 10.1. The molecule has 0 radical (unpaired) electrons. The van der Waals surface area contributed by atoms with E-state index >= 15 is 0 Å². The molecule has 3 rings (SSSR count). The second-order valence-electron chi connectivity index (χ2n) is 5.06. The first kappa shape index (κ1) is 15.7. The van der Waals surface area contributed by atoms with Gasteiger partial charge in [0.2, 0.25) is 0 Å². The van der Waals surface area contributed by atoms with E-state index in [1.165, 1.54) is 36.4 Å². The van der Waals surface area contributed by atoms with Crippen LogP contribution in [0.15, 0.2) is 42.5 Å². The lowest BCUT2D eigenvalue weighted by atomic mass is 10.0. The van der Waals surface area contributed by atoms with Crippen molar-refractivity contribution in [3.8, 4) is 11.1 Å². The molecule has 0 fully saturated rings. The molecule has 0 spiro atoms. The summed E-state index contributed by atoms with van der Waals surface area (Å²) in [7, 11) is 0. The second-order valence-corrected chi connectivity index (χ2v) is 5.06. The number of H-pyrrole nitrogens is 1. The van der Waals surface area contributed by atoms with Gasteiger partial charge in [0.15, 0.2) is 0 Å². The highest BCUT2D eigenvalue weighted by atomic mass is 19.1. The molecule has 3 aromatic rings. The summed E-state index contributed by atoms with van der Waals surface area (Å²) >= 11 is 0. The minimum absolute atomic E-state index is 0.0671. The molecule has 1 heterocycles. The molecule has 122 valence electrons. The third-order valence-electron chi connectivity index (χ3n) is 3.62. The van der Waals surface area contributed by atoms with E-state index in [0.29, 0.717) is 10.9 Å². The number of hydrogen-bond donors (Lipinski definition) is 1. The summed E-state index contributed by atoms with van der Waals surface area (Å²) < 4.78 is 19.3. The maximum absolute atomic E-state index is 14.3. The normalized spacial score (nSPS) is 10.8. The number of rotatable bonds is 4. The minimum atomic E-state index is -0.644. The highest BCUT2D eigenvalue weighted by Crippen LogP contribution is 2.36. The van der Waals surface area contributed by atoms with Crippen molar-refractivity contribution in [3.05, 3.63) is 64.1 Å². The summed E-state index contributed by atoms with van der Waals surface area (Å²) in [5, 5.41) is 11.4. The van der Waals surface area contributed by atoms with E-state index in [-0.39, 0.29) is 29.1 Å². The molecule has 6 nitrogen and oxygen atoms in total. The number of halogens is 1. The lowest BCUT2D eigenvalue weighted by Gasteiger charge is -2.06. The van der Waals surface area contributed by atoms with Gasteiger partial charge < -0.3 is 9.72 Å².